The summed E-state index contributed by atoms with van der Waals surface area (Å²) in [6, 6.07) is 0.0546. The Bertz CT molecular complexity index is 239. The van der Waals surface area contributed by atoms with E-state index in [9.17, 15) is 8.42 Å². The van der Waals surface area contributed by atoms with Crippen LogP contribution in [0, 0.1) is 0 Å². The van der Waals surface area contributed by atoms with Crippen LogP contribution in [0.3, 0.4) is 0 Å². The molecule has 0 heterocycles. The quantitative estimate of drug-likeness (QED) is 0.670. The van der Waals surface area contributed by atoms with Crippen LogP contribution in [0.25, 0.3) is 0 Å². The van der Waals surface area contributed by atoms with Gasteiger partial charge < -0.3 is 5.73 Å². The average Bonchev–Trinajstić information content (AvgIpc) is 2.15. The fourth-order valence-corrected chi connectivity index (χ4v) is 2.40. The zero-order valence-corrected chi connectivity index (χ0v) is 10.1. The third-order valence-corrected chi connectivity index (χ3v) is 4.24. The Labute approximate surface area is 87.3 Å². The summed E-state index contributed by atoms with van der Waals surface area (Å²) in [5, 5.41) is -0.506. The molecule has 0 aromatic heterocycles. The van der Waals surface area contributed by atoms with Crippen molar-refractivity contribution in [3.63, 3.8) is 0 Å². The van der Waals surface area contributed by atoms with E-state index in [-0.39, 0.29) is 12.6 Å². The van der Waals surface area contributed by atoms with Gasteiger partial charge in [0.1, 0.15) is 0 Å². The minimum absolute atomic E-state index is 0.0546. The van der Waals surface area contributed by atoms with E-state index in [1.54, 1.807) is 6.92 Å². The van der Waals surface area contributed by atoms with Gasteiger partial charge in [-0.3, -0.25) is 0 Å². The van der Waals surface area contributed by atoms with Gasteiger partial charge in [-0.15, -0.1) is 0 Å². The van der Waals surface area contributed by atoms with E-state index in [1.165, 1.54) is 0 Å². The molecule has 0 aromatic carbocycles. The standard InChI is InChI=1S/C9H22N2O2S/c1-4-6-9(5-2)11-14(12,13)8(3)7-10/h8-9,11H,4-7,10H2,1-3H3. The lowest BCUT2D eigenvalue weighted by Crippen LogP contribution is -2.42. The van der Waals surface area contributed by atoms with E-state index in [0.29, 0.717) is 0 Å². The van der Waals surface area contributed by atoms with Crippen molar-refractivity contribution >= 4 is 10.0 Å². The summed E-state index contributed by atoms with van der Waals surface area (Å²) in [6.07, 6.45) is 2.69. The van der Waals surface area contributed by atoms with Gasteiger partial charge in [0.2, 0.25) is 10.0 Å². The molecule has 5 heteroatoms. The molecule has 0 saturated heterocycles. The summed E-state index contributed by atoms with van der Waals surface area (Å²) in [6.45, 7) is 5.82. The van der Waals surface area contributed by atoms with Crippen molar-refractivity contribution in [3.8, 4) is 0 Å². The molecular formula is C9H22N2O2S. The van der Waals surface area contributed by atoms with E-state index in [2.05, 4.69) is 4.72 Å². The topological polar surface area (TPSA) is 72.2 Å². The Balaban J connectivity index is 4.32. The molecule has 0 aliphatic heterocycles. The summed E-state index contributed by atoms with van der Waals surface area (Å²) < 4.78 is 25.9. The molecule has 0 fully saturated rings. The van der Waals surface area contributed by atoms with E-state index in [0.717, 1.165) is 19.3 Å². The average molecular weight is 222 g/mol. The van der Waals surface area contributed by atoms with Gasteiger partial charge in [0, 0.05) is 12.6 Å². The van der Waals surface area contributed by atoms with Crippen molar-refractivity contribution in [2.45, 2.75) is 51.3 Å². The number of nitrogens with one attached hydrogen (secondary N) is 1. The van der Waals surface area contributed by atoms with Crippen LogP contribution >= 0.6 is 0 Å². The van der Waals surface area contributed by atoms with Gasteiger partial charge in [-0.2, -0.15) is 0 Å². The third kappa shape index (κ3) is 4.39. The number of hydrogen-bond acceptors (Lipinski definition) is 3. The van der Waals surface area contributed by atoms with Crippen molar-refractivity contribution in [2.75, 3.05) is 6.54 Å². The van der Waals surface area contributed by atoms with Crippen molar-refractivity contribution < 1.29 is 8.42 Å². The normalized spacial score (nSPS) is 16.6. The highest BCUT2D eigenvalue weighted by Gasteiger charge is 2.21. The van der Waals surface area contributed by atoms with Gasteiger partial charge in [0.15, 0.2) is 0 Å². The molecule has 2 atom stereocenters. The van der Waals surface area contributed by atoms with Crippen molar-refractivity contribution in [1.29, 1.82) is 0 Å². The van der Waals surface area contributed by atoms with E-state index >= 15 is 0 Å². The van der Waals surface area contributed by atoms with E-state index in [4.69, 9.17) is 5.73 Å². The molecular weight excluding hydrogens is 200 g/mol. The predicted octanol–water partition coefficient (Wildman–Crippen LogP) is 0.832. The highest BCUT2D eigenvalue weighted by atomic mass is 32.2. The predicted molar refractivity (Wildman–Crippen MR) is 59.6 cm³/mol. The molecule has 0 aliphatic rings. The summed E-state index contributed by atoms with van der Waals surface area (Å²) in [5.41, 5.74) is 5.33. The van der Waals surface area contributed by atoms with Crippen LogP contribution in [0.4, 0.5) is 0 Å². The monoisotopic (exact) mass is 222 g/mol. The molecule has 0 spiro atoms. The molecule has 14 heavy (non-hydrogen) atoms. The number of rotatable bonds is 7. The molecule has 0 rings (SSSR count). The maximum absolute atomic E-state index is 11.6. The molecule has 2 unspecified atom stereocenters. The highest BCUT2D eigenvalue weighted by molar-refractivity contribution is 7.90. The van der Waals surface area contributed by atoms with Crippen LogP contribution < -0.4 is 10.5 Å². The molecule has 0 radical (unpaired) electrons. The zero-order chi connectivity index (χ0) is 11.2. The van der Waals surface area contributed by atoms with Crippen LogP contribution in [-0.4, -0.2) is 26.3 Å². The van der Waals surface area contributed by atoms with Crippen molar-refractivity contribution in [3.05, 3.63) is 0 Å². The van der Waals surface area contributed by atoms with E-state index < -0.39 is 15.3 Å². The fraction of sp³-hybridized carbons (Fsp3) is 1.00. The van der Waals surface area contributed by atoms with Crippen LogP contribution in [0.1, 0.15) is 40.0 Å². The lowest BCUT2D eigenvalue weighted by atomic mass is 10.1. The maximum atomic E-state index is 11.6. The second kappa shape index (κ2) is 6.37. The van der Waals surface area contributed by atoms with Crippen molar-refractivity contribution in [2.24, 2.45) is 5.73 Å². The van der Waals surface area contributed by atoms with Crippen molar-refractivity contribution in [1.82, 2.24) is 4.72 Å². The number of nitrogens with two attached hydrogens (primary N) is 1. The maximum Gasteiger partial charge on any atom is 0.215 e. The van der Waals surface area contributed by atoms with Gasteiger partial charge in [-0.1, -0.05) is 20.3 Å². The first-order valence-electron chi connectivity index (χ1n) is 5.19. The largest absolute Gasteiger partial charge is 0.329 e. The molecule has 4 nitrogen and oxygen atoms in total. The second-order valence-corrected chi connectivity index (χ2v) is 5.73. The molecule has 0 bridgehead atoms. The Hall–Kier alpha value is -0.130. The summed E-state index contributed by atoms with van der Waals surface area (Å²) in [4.78, 5) is 0. The van der Waals surface area contributed by atoms with E-state index in [1.807, 2.05) is 13.8 Å². The van der Waals surface area contributed by atoms with Gasteiger partial charge in [0.25, 0.3) is 0 Å². The lowest BCUT2D eigenvalue weighted by Gasteiger charge is -2.19. The fourth-order valence-electron chi connectivity index (χ4n) is 1.17. The minimum atomic E-state index is -3.22. The zero-order valence-electron chi connectivity index (χ0n) is 9.29. The highest BCUT2D eigenvalue weighted by Crippen LogP contribution is 2.05. The third-order valence-electron chi connectivity index (χ3n) is 2.32. The Morgan fingerprint density at radius 3 is 2.29 bits per heavy atom. The summed E-state index contributed by atoms with van der Waals surface area (Å²) in [5.74, 6) is 0. The first-order chi connectivity index (χ1) is 6.47. The molecule has 0 aromatic rings. The molecule has 0 aliphatic carbocycles. The summed E-state index contributed by atoms with van der Waals surface area (Å²) >= 11 is 0. The van der Waals surface area contributed by atoms with Gasteiger partial charge >= 0.3 is 0 Å². The number of sulfonamides is 1. The minimum Gasteiger partial charge on any atom is -0.329 e. The second-order valence-electron chi connectivity index (χ2n) is 3.60. The molecule has 86 valence electrons. The van der Waals surface area contributed by atoms with Gasteiger partial charge in [-0.25, -0.2) is 13.1 Å². The van der Waals surface area contributed by atoms with Gasteiger partial charge in [-0.05, 0) is 19.8 Å². The SMILES string of the molecule is CCCC(CC)NS(=O)(=O)C(C)CN. The first kappa shape index (κ1) is 13.9. The molecule has 3 N–H and O–H groups in total. The first-order valence-corrected chi connectivity index (χ1v) is 6.73. The smallest absolute Gasteiger partial charge is 0.215 e. The Morgan fingerprint density at radius 2 is 1.93 bits per heavy atom. The summed E-state index contributed by atoms with van der Waals surface area (Å²) in [7, 11) is -3.22. The Morgan fingerprint density at radius 1 is 1.36 bits per heavy atom. The lowest BCUT2D eigenvalue weighted by molar-refractivity contribution is 0.506. The van der Waals surface area contributed by atoms with Crippen LogP contribution in [0.15, 0.2) is 0 Å². The van der Waals surface area contributed by atoms with Crippen LogP contribution in [0.2, 0.25) is 0 Å². The van der Waals surface area contributed by atoms with Crippen LogP contribution in [0.5, 0.6) is 0 Å². The number of hydrogen-bond donors (Lipinski definition) is 2. The van der Waals surface area contributed by atoms with Gasteiger partial charge in [0.05, 0.1) is 5.25 Å². The molecule has 0 saturated carbocycles. The van der Waals surface area contributed by atoms with Crippen LogP contribution in [-0.2, 0) is 10.0 Å². The molecule has 0 amide bonds. The Kier molecular flexibility index (Phi) is 6.31.